The topological polar surface area (TPSA) is 74.6 Å². The van der Waals surface area contributed by atoms with Gasteiger partial charge in [-0.3, -0.25) is 9.59 Å². The Morgan fingerprint density at radius 1 is 1.06 bits per heavy atom. The fraction of sp³-hybridized carbons (Fsp3) is 0.833. The first-order chi connectivity index (χ1) is 7.20. The summed E-state index contributed by atoms with van der Waals surface area (Å²) < 4.78 is 0. The molecule has 0 aromatic rings. The molecular weight excluding hydrogens is 232 g/mol. The number of carboxylic acids is 2. The van der Waals surface area contributed by atoms with Gasteiger partial charge in [0.25, 0.3) is 0 Å². The third-order valence-corrected chi connectivity index (χ3v) is 3.17. The molecule has 0 spiro atoms. The number of hydrogen-bond donors (Lipinski definition) is 2. The van der Waals surface area contributed by atoms with Crippen molar-refractivity contribution in [1.29, 1.82) is 0 Å². The molecule has 0 bridgehead atoms. The van der Waals surface area contributed by atoms with Crippen LogP contribution >= 0.6 is 0 Å². The summed E-state index contributed by atoms with van der Waals surface area (Å²) in [5.41, 5.74) is -2.47. The zero-order chi connectivity index (χ0) is 13.0. The molecule has 0 radical (unpaired) electrons. The molecule has 0 saturated carbocycles. The van der Waals surface area contributed by atoms with E-state index < -0.39 is 22.8 Å². The van der Waals surface area contributed by atoms with Gasteiger partial charge in [-0.25, -0.2) is 0 Å². The number of carboxylic acid groups (broad SMARTS) is 2. The van der Waals surface area contributed by atoms with Crippen LogP contribution in [0, 0.1) is 10.8 Å². The van der Waals surface area contributed by atoms with Gasteiger partial charge in [0.05, 0.1) is 0 Å². The first-order valence-electron chi connectivity index (χ1n) is 5.67. The molecule has 0 heterocycles. The molecule has 0 aliphatic rings. The Kier molecular flexibility index (Phi) is 8.08. The maximum atomic E-state index is 11.3. The van der Waals surface area contributed by atoms with Crippen LogP contribution in [-0.4, -0.2) is 45.2 Å². The molecule has 4 nitrogen and oxygen atoms in total. The summed E-state index contributed by atoms with van der Waals surface area (Å²) in [4.78, 5) is 22.6. The van der Waals surface area contributed by atoms with Gasteiger partial charge in [0.1, 0.15) is 0 Å². The van der Waals surface area contributed by atoms with Crippen molar-refractivity contribution >= 4 is 35.0 Å². The van der Waals surface area contributed by atoms with E-state index in [0.29, 0.717) is 6.42 Å². The van der Waals surface area contributed by atoms with Gasteiger partial charge in [-0.05, 0) is 11.8 Å². The first kappa shape index (κ1) is 19.1. The number of carbonyl (C=O) groups is 2. The van der Waals surface area contributed by atoms with E-state index in [1.54, 1.807) is 20.8 Å². The molecular formula is C12H24MgO4. The van der Waals surface area contributed by atoms with Gasteiger partial charge in [-0.1, -0.05) is 47.0 Å². The maximum Gasteiger partial charge on any atom is 2.00 e. The maximum absolute atomic E-state index is 11.3. The Hall–Kier alpha value is -0.294. The molecule has 0 aromatic heterocycles. The number of aliphatic carboxylic acids is 2. The summed E-state index contributed by atoms with van der Waals surface area (Å²) >= 11 is 0. The molecule has 0 rings (SSSR count). The van der Waals surface area contributed by atoms with E-state index in [-0.39, 0.29) is 32.3 Å². The van der Waals surface area contributed by atoms with Crippen molar-refractivity contribution in [3.8, 4) is 0 Å². The molecule has 0 unspecified atom stereocenters. The van der Waals surface area contributed by atoms with Gasteiger partial charge in [-0.2, -0.15) is 0 Å². The molecule has 0 aliphatic heterocycles. The van der Waals surface area contributed by atoms with Gasteiger partial charge in [0.2, 0.25) is 0 Å². The number of unbranched alkanes of at least 4 members (excludes halogenated alkanes) is 2. The Morgan fingerprint density at radius 2 is 1.47 bits per heavy atom. The third kappa shape index (κ3) is 4.14. The fourth-order valence-electron chi connectivity index (χ4n) is 1.96. The largest absolute Gasteiger partial charge is 2.00 e. The van der Waals surface area contributed by atoms with Gasteiger partial charge in [0, 0.05) is 0 Å². The number of hydrogen-bond acceptors (Lipinski definition) is 2. The summed E-state index contributed by atoms with van der Waals surface area (Å²) in [7, 11) is 0. The number of rotatable bonds is 6. The smallest absolute Gasteiger partial charge is 1.00 e. The van der Waals surface area contributed by atoms with Crippen LogP contribution in [0.1, 0.15) is 56.2 Å². The molecule has 0 aliphatic carbocycles. The van der Waals surface area contributed by atoms with Crippen LogP contribution in [0.5, 0.6) is 0 Å². The minimum atomic E-state index is -1.68. The van der Waals surface area contributed by atoms with E-state index in [9.17, 15) is 19.8 Å². The molecule has 0 atom stereocenters. The quantitative estimate of drug-likeness (QED) is 0.435. The van der Waals surface area contributed by atoms with Crippen LogP contribution in [0.25, 0.3) is 0 Å². The standard InChI is InChI=1S/C12H22O4.Mg.2H/c1-5-6-7-8-12(9(13)14,10(15)16)11(2,3)4;;;/h5-8H2,1-4H3,(H,13,14)(H,15,16);;;/q;+2;2*-1. The SMILES string of the molecule is CCCCCC(C(=O)O)(C(=O)O)C(C)(C)C.[H-].[H-].[Mg+2]. The van der Waals surface area contributed by atoms with Gasteiger partial charge in [0.15, 0.2) is 5.41 Å². The van der Waals surface area contributed by atoms with Crippen LogP contribution < -0.4 is 0 Å². The summed E-state index contributed by atoms with van der Waals surface area (Å²) in [5, 5.41) is 18.5. The average molecular weight is 257 g/mol. The zero-order valence-electron chi connectivity index (χ0n) is 13.2. The third-order valence-electron chi connectivity index (χ3n) is 3.17. The zero-order valence-corrected chi connectivity index (χ0v) is 12.7. The Bertz CT molecular complexity index is 263. The molecule has 0 fully saturated rings. The van der Waals surface area contributed by atoms with E-state index in [0.717, 1.165) is 12.8 Å². The monoisotopic (exact) mass is 256 g/mol. The predicted molar refractivity (Wildman–Crippen MR) is 69.3 cm³/mol. The molecule has 0 saturated heterocycles. The Balaban J connectivity index is -0.000000375. The van der Waals surface area contributed by atoms with Crippen molar-refractivity contribution in [1.82, 2.24) is 0 Å². The van der Waals surface area contributed by atoms with Crippen LogP contribution in [0.15, 0.2) is 0 Å². The summed E-state index contributed by atoms with van der Waals surface area (Å²) in [6.45, 7) is 7.00. The van der Waals surface area contributed by atoms with Crippen LogP contribution in [0.4, 0.5) is 0 Å². The van der Waals surface area contributed by atoms with Gasteiger partial charge < -0.3 is 13.1 Å². The first-order valence-corrected chi connectivity index (χ1v) is 5.67. The second kappa shape index (κ2) is 7.21. The van der Waals surface area contributed by atoms with E-state index >= 15 is 0 Å². The van der Waals surface area contributed by atoms with Crippen LogP contribution in [0.2, 0.25) is 0 Å². The molecule has 0 amide bonds. The Labute approximate surface area is 122 Å². The van der Waals surface area contributed by atoms with E-state index in [1.165, 1.54) is 0 Å². The molecule has 98 valence electrons. The molecule has 0 aromatic carbocycles. The second-order valence-electron chi connectivity index (χ2n) is 5.22. The van der Waals surface area contributed by atoms with E-state index in [1.807, 2.05) is 6.92 Å². The fourth-order valence-corrected chi connectivity index (χ4v) is 1.96. The Morgan fingerprint density at radius 3 is 1.71 bits per heavy atom. The van der Waals surface area contributed by atoms with Crippen molar-refractivity contribution in [2.24, 2.45) is 10.8 Å². The normalized spacial score (nSPS) is 11.8. The minimum Gasteiger partial charge on any atom is -1.00 e. The van der Waals surface area contributed by atoms with Gasteiger partial charge >= 0.3 is 35.0 Å². The summed E-state index contributed by atoms with van der Waals surface area (Å²) in [6, 6.07) is 0. The molecule has 17 heavy (non-hydrogen) atoms. The van der Waals surface area contributed by atoms with Crippen molar-refractivity contribution in [2.75, 3.05) is 0 Å². The van der Waals surface area contributed by atoms with Crippen molar-refractivity contribution in [3.05, 3.63) is 0 Å². The second-order valence-corrected chi connectivity index (χ2v) is 5.22. The van der Waals surface area contributed by atoms with Crippen LogP contribution in [-0.2, 0) is 9.59 Å². The average Bonchev–Trinajstić information content (AvgIpc) is 2.08. The van der Waals surface area contributed by atoms with Gasteiger partial charge in [-0.15, -0.1) is 0 Å². The van der Waals surface area contributed by atoms with E-state index in [4.69, 9.17) is 0 Å². The van der Waals surface area contributed by atoms with Crippen molar-refractivity contribution < 1.29 is 22.7 Å². The van der Waals surface area contributed by atoms with Crippen molar-refractivity contribution in [2.45, 2.75) is 53.4 Å². The van der Waals surface area contributed by atoms with E-state index in [2.05, 4.69) is 0 Å². The van der Waals surface area contributed by atoms with Crippen LogP contribution in [0.3, 0.4) is 0 Å². The summed E-state index contributed by atoms with van der Waals surface area (Å²) in [6.07, 6.45) is 2.62. The molecule has 2 N–H and O–H groups in total. The summed E-state index contributed by atoms with van der Waals surface area (Å²) in [5.74, 6) is -2.47. The minimum absolute atomic E-state index is 0. The molecule has 5 heteroatoms. The predicted octanol–water partition coefficient (Wildman–Crippen LogP) is 2.61. The van der Waals surface area contributed by atoms with Crippen molar-refractivity contribution in [3.63, 3.8) is 0 Å².